The van der Waals surface area contributed by atoms with E-state index in [0.717, 1.165) is 4.57 Å². The highest BCUT2D eigenvalue weighted by Gasteiger charge is 2.10. The lowest BCUT2D eigenvalue weighted by Gasteiger charge is -2.09. The second kappa shape index (κ2) is 31.8. The van der Waals surface area contributed by atoms with E-state index in [0.29, 0.717) is 132 Å². The zero-order valence-electron chi connectivity index (χ0n) is 27.0. The Morgan fingerprint density at radius 3 is 1.06 bits per heavy atom. The first-order chi connectivity index (χ1) is 23.0. The van der Waals surface area contributed by atoms with E-state index in [1.807, 2.05) is 0 Å². The van der Waals surface area contributed by atoms with Gasteiger partial charge in [-0.2, -0.15) is 0 Å². The molecule has 0 saturated carbocycles. The Labute approximate surface area is 274 Å². The number of nitrogens with one attached hydrogen (secondary N) is 1. The van der Waals surface area contributed by atoms with Gasteiger partial charge in [0.1, 0.15) is 13.2 Å². The quantitative estimate of drug-likeness (QED) is 0.0542. The first kappa shape index (κ1) is 42.2. The Balaban J connectivity index is 1.66. The summed E-state index contributed by atoms with van der Waals surface area (Å²) in [4.78, 5) is 22.0. The van der Waals surface area contributed by atoms with Crippen LogP contribution in [-0.2, 0) is 63.4 Å². The van der Waals surface area contributed by atoms with Crippen molar-refractivity contribution in [2.45, 2.75) is 6.54 Å². The van der Waals surface area contributed by atoms with Crippen LogP contribution in [0.15, 0.2) is 12.1 Å². The van der Waals surface area contributed by atoms with Gasteiger partial charge in [0.25, 0.3) is 0 Å². The number of carboxylic acid groups (broad SMARTS) is 1. The summed E-state index contributed by atoms with van der Waals surface area (Å²) >= 11 is 0. The van der Waals surface area contributed by atoms with Gasteiger partial charge < -0.3 is 72.7 Å². The maximum absolute atomic E-state index is 11.8. The molecule has 18 heteroatoms. The Kier molecular flexibility index (Phi) is 28.6. The summed E-state index contributed by atoms with van der Waals surface area (Å²) in [5, 5.41) is 30.0. The molecule has 0 aliphatic rings. The van der Waals surface area contributed by atoms with Gasteiger partial charge in [0.2, 0.25) is 5.91 Å². The Morgan fingerprint density at radius 1 is 0.489 bits per heavy atom. The molecule has 0 aliphatic carbocycles. The van der Waals surface area contributed by atoms with E-state index in [1.165, 1.54) is 12.1 Å². The molecule has 4 N–H and O–H groups in total. The topological polar surface area (TPSA) is 213 Å². The minimum Gasteiger partial charge on any atom is -0.494 e. The SMILES string of the molecule is O=C(Cn1c(O)ccc1O)NCCOCCOCCOCCOCCOCCOCCOCCOCCOCCOCCOC(=O)O. The van der Waals surface area contributed by atoms with Crippen LogP contribution in [0.4, 0.5) is 4.79 Å². The summed E-state index contributed by atoms with van der Waals surface area (Å²) in [6, 6.07) is 2.61. The Hall–Kier alpha value is -2.78. The molecule has 1 aromatic rings. The number of carbonyl (C=O) groups is 2. The number of amides is 1. The van der Waals surface area contributed by atoms with Crippen LogP contribution in [-0.4, -0.2) is 177 Å². The van der Waals surface area contributed by atoms with Crippen molar-refractivity contribution in [2.75, 3.05) is 145 Å². The van der Waals surface area contributed by atoms with Gasteiger partial charge in [-0.05, 0) is 0 Å². The molecule has 274 valence electrons. The Bertz CT molecular complexity index is 856. The van der Waals surface area contributed by atoms with Gasteiger partial charge in [0, 0.05) is 18.7 Å². The lowest BCUT2D eigenvalue weighted by atomic mass is 10.5. The molecule has 18 nitrogen and oxygen atoms in total. The van der Waals surface area contributed by atoms with E-state index >= 15 is 0 Å². The first-order valence-electron chi connectivity index (χ1n) is 15.5. The molecule has 0 unspecified atom stereocenters. The first-order valence-corrected chi connectivity index (χ1v) is 15.5. The summed E-state index contributed by atoms with van der Waals surface area (Å²) in [6.45, 7) is 8.46. The van der Waals surface area contributed by atoms with Gasteiger partial charge in [0.05, 0.1) is 132 Å². The molecule has 0 aromatic carbocycles. The third kappa shape index (κ3) is 28.0. The third-order valence-electron chi connectivity index (χ3n) is 5.61. The summed E-state index contributed by atoms with van der Waals surface area (Å²) < 4.78 is 59.2. The smallest absolute Gasteiger partial charge is 0.494 e. The molecule has 47 heavy (non-hydrogen) atoms. The van der Waals surface area contributed by atoms with E-state index in [4.69, 9.17) is 52.5 Å². The molecule has 0 fully saturated rings. The number of hydrogen-bond acceptors (Lipinski definition) is 15. The molecule has 0 spiro atoms. The maximum atomic E-state index is 11.8. The number of aromatic hydroxyl groups is 2. The van der Waals surface area contributed by atoms with E-state index in [2.05, 4.69) is 10.1 Å². The van der Waals surface area contributed by atoms with Gasteiger partial charge in [-0.1, -0.05) is 0 Å². The second-order valence-electron chi connectivity index (χ2n) is 9.22. The highest BCUT2D eigenvalue weighted by Crippen LogP contribution is 2.20. The summed E-state index contributed by atoms with van der Waals surface area (Å²) in [5.41, 5.74) is 0. The predicted molar refractivity (Wildman–Crippen MR) is 163 cm³/mol. The number of carbonyl (C=O) groups excluding carboxylic acids is 1. The molecular formula is C29H52N2O16. The van der Waals surface area contributed by atoms with Crippen LogP contribution >= 0.6 is 0 Å². The van der Waals surface area contributed by atoms with Crippen molar-refractivity contribution >= 4 is 12.1 Å². The van der Waals surface area contributed by atoms with Crippen molar-refractivity contribution in [1.29, 1.82) is 0 Å². The average Bonchev–Trinajstić information content (AvgIpc) is 3.36. The fraction of sp³-hybridized carbons (Fsp3) is 0.793. The number of ether oxygens (including phenoxy) is 11. The zero-order valence-corrected chi connectivity index (χ0v) is 27.0. The highest BCUT2D eigenvalue weighted by molar-refractivity contribution is 5.76. The number of rotatable bonds is 35. The monoisotopic (exact) mass is 684 g/mol. The lowest BCUT2D eigenvalue weighted by molar-refractivity contribution is -0.122. The molecule has 0 atom stereocenters. The third-order valence-corrected chi connectivity index (χ3v) is 5.61. The molecule has 0 saturated heterocycles. The number of aromatic nitrogens is 1. The zero-order chi connectivity index (χ0) is 34.0. The van der Waals surface area contributed by atoms with Gasteiger partial charge >= 0.3 is 6.16 Å². The molecule has 1 heterocycles. The summed E-state index contributed by atoms with van der Waals surface area (Å²) in [6.07, 6.45) is -1.32. The van der Waals surface area contributed by atoms with Crippen LogP contribution < -0.4 is 5.32 Å². The molecule has 1 rings (SSSR count). The largest absolute Gasteiger partial charge is 0.505 e. The maximum Gasteiger partial charge on any atom is 0.505 e. The fourth-order valence-corrected chi connectivity index (χ4v) is 3.34. The van der Waals surface area contributed by atoms with Crippen molar-refractivity contribution in [3.8, 4) is 11.8 Å². The predicted octanol–water partition coefficient (Wildman–Crippen LogP) is -0.124. The van der Waals surface area contributed by atoms with Crippen molar-refractivity contribution < 1.29 is 77.0 Å². The molecule has 1 aromatic heterocycles. The Morgan fingerprint density at radius 2 is 0.766 bits per heavy atom. The second-order valence-corrected chi connectivity index (χ2v) is 9.22. The minimum atomic E-state index is -1.32. The van der Waals surface area contributed by atoms with Crippen LogP contribution in [0.2, 0.25) is 0 Å². The molecular weight excluding hydrogens is 632 g/mol. The lowest BCUT2D eigenvalue weighted by Crippen LogP contribution is -2.30. The van der Waals surface area contributed by atoms with E-state index in [1.54, 1.807) is 0 Å². The summed E-state index contributed by atoms with van der Waals surface area (Å²) in [7, 11) is 0. The van der Waals surface area contributed by atoms with Crippen LogP contribution in [0, 0.1) is 0 Å². The van der Waals surface area contributed by atoms with Crippen molar-refractivity contribution in [3.63, 3.8) is 0 Å². The number of nitrogens with zero attached hydrogens (tertiary/aromatic N) is 1. The highest BCUT2D eigenvalue weighted by atomic mass is 16.7. The molecule has 0 bridgehead atoms. The van der Waals surface area contributed by atoms with Crippen molar-refractivity contribution in [2.24, 2.45) is 0 Å². The van der Waals surface area contributed by atoms with Crippen molar-refractivity contribution in [3.05, 3.63) is 12.1 Å². The molecule has 0 aliphatic heterocycles. The normalized spacial score (nSPS) is 11.2. The minimum absolute atomic E-state index is 0.00102. The van der Waals surface area contributed by atoms with Crippen LogP contribution in [0.5, 0.6) is 11.8 Å². The van der Waals surface area contributed by atoms with Crippen LogP contribution in [0.25, 0.3) is 0 Å². The molecule has 0 radical (unpaired) electrons. The van der Waals surface area contributed by atoms with Gasteiger partial charge in [-0.15, -0.1) is 0 Å². The van der Waals surface area contributed by atoms with E-state index in [9.17, 15) is 19.8 Å². The van der Waals surface area contributed by atoms with Gasteiger partial charge in [-0.25, -0.2) is 4.79 Å². The molecule has 1 amide bonds. The number of hydrogen-bond donors (Lipinski definition) is 4. The van der Waals surface area contributed by atoms with E-state index < -0.39 is 6.16 Å². The van der Waals surface area contributed by atoms with E-state index in [-0.39, 0.29) is 37.4 Å². The summed E-state index contributed by atoms with van der Waals surface area (Å²) in [5.74, 6) is -0.719. The van der Waals surface area contributed by atoms with Gasteiger partial charge in [0.15, 0.2) is 11.8 Å². The standard InChI is InChI=1S/C29H52N2O16/c32-26(25-31-27(33)1-2-28(31)34)30-3-4-37-5-6-38-7-8-39-9-10-40-11-12-41-13-14-42-15-16-43-17-18-44-19-20-45-21-22-46-23-24-47-29(35)36/h1-2,33-34H,3-25H2,(H,30,32)(H,35,36). The van der Waals surface area contributed by atoms with Crippen molar-refractivity contribution in [1.82, 2.24) is 9.88 Å². The average molecular weight is 685 g/mol. The fourth-order valence-electron chi connectivity index (χ4n) is 3.34. The van der Waals surface area contributed by atoms with Gasteiger partial charge in [-0.3, -0.25) is 9.36 Å². The van der Waals surface area contributed by atoms with Crippen LogP contribution in [0.3, 0.4) is 0 Å². The van der Waals surface area contributed by atoms with Crippen LogP contribution in [0.1, 0.15) is 0 Å².